The highest BCUT2D eigenvalue weighted by Gasteiger charge is 2.18. The van der Waals surface area contributed by atoms with E-state index < -0.39 is 0 Å². The molecule has 242 valence electrons. The molecule has 0 unspecified atom stereocenters. The SMILES string of the molecule is c1ccc(-c2ccc(-c3cc(-c4ccc(-c5cccc6ccccc56)cc4)nc(-c4c5ccccc5cc5c4ccc4ccccc45)n3)cc2)cc1. The van der Waals surface area contributed by atoms with Gasteiger partial charge >= 0.3 is 0 Å². The van der Waals surface area contributed by atoms with Crippen LogP contribution < -0.4 is 0 Å². The molecule has 0 spiro atoms. The van der Waals surface area contributed by atoms with Gasteiger partial charge in [0.15, 0.2) is 5.82 Å². The molecule has 0 N–H and O–H groups in total. The Hall–Kier alpha value is -6.90. The molecule has 0 radical (unpaired) electrons. The number of hydrogen-bond donors (Lipinski definition) is 0. The standard InChI is InChI=1S/C50H32N2/c1-2-11-33(12-3-1)34-21-25-38(26-22-34)47-32-48(39-27-23-37(24-28-39)42-20-10-16-35-13-4-7-17-41(35)42)52-50(51-47)49-44-19-9-6-15-40(44)31-46-43-18-8-5-14-36(43)29-30-45(46)49/h1-32H. The molecule has 9 aromatic carbocycles. The lowest BCUT2D eigenvalue weighted by Gasteiger charge is -2.15. The Morgan fingerprint density at radius 2 is 0.788 bits per heavy atom. The minimum Gasteiger partial charge on any atom is -0.228 e. The van der Waals surface area contributed by atoms with Crippen molar-refractivity contribution in [3.05, 3.63) is 194 Å². The highest BCUT2D eigenvalue weighted by molar-refractivity contribution is 6.19. The van der Waals surface area contributed by atoms with Gasteiger partial charge in [0.05, 0.1) is 11.4 Å². The maximum atomic E-state index is 5.39. The van der Waals surface area contributed by atoms with Crippen molar-refractivity contribution in [2.45, 2.75) is 0 Å². The second-order valence-electron chi connectivity index (χ2n) is 13.4. The first kappa shape index (κ1) is 30.0. The number of hydrogen-bond acceptors (Lipinski definition) is 2. The van der Waals surface area contributed by atoms with Crippen LogP contribution in [0.15, 0.2) is 194 Å². The van der Waals surface area contributed by atoms with Crippen LogP contribution >= 0.6 is 0 Å². The third-order valence-electron chi connectivity index (χ3n) is 10.3. The number of benzene rings is 9. The van der Waals surface area contributed by atoms with E-state index in [1.165, 1.54) is 54.6 Å². The molecule has 2 nitrogen and oxygen atoms in total. The second kappa shape index (κ2) is 12.5. The first-order valence-corrected chi connectivity index (χ1v) is 17.7. The maximum absolute atomic E-state index is 5.39. The lowest BCUT2D eigenvalue weighted by molar-refractivity contribution is 1.19. The number of fused-ring (bicyclic) bond motifs is 5. The van der Waals surface area contributed by atoms with E-state index in [4.69, 9.17) is 9.97 Å². The Morgan fingerprint density at radius 1 is 0.269 bits per heavy atom. The van der Waals surface area contributed by atoms with Gasteiger partial charge in [-0.3, -0.25) is 0 Å². The van der Waals surface area contributed by atoms with Crippen molar-refractivity contribution in [2.75, 3.05) is 0 Å². The maximum Gasteiger partial charge on any atom is 0.161 e. The van der Waals surface area contributed by atoms with E-state index in [0.29, 0.717) is 0 Å². The third kappa shape index (κ3) is 5.21. The minimum absolute atomic E-state index is 0.717. The van der Waals surface area contributed by atoms with Gasteiger partial charge in [-0.15, -0.1) is 0 Å². The Kier molecular flexibility index (Phi) is 7.18. The van der Waals surface area contributed by atoms with Crippen LogP contribution in [0.4, 0.5) is 0 Å². The molecule has 0 amide bonds. The number of rotatable bonds is 5. The zero-order valence-electron chi connectivity index (χ0n) is 28.4. The van der Waals surface area contributed by atoms with Crippen molar-refractivity contribution in [1.82, 2.24) is 9.97 Å². The lowest BCUT2D eigenvalue weighted by Crippen LogP contribution is -1.98. The summed E-state index contributed by atoms with van der Waals surface area (Å²) in [6.45, 7) is 0. The van der Waals surface area contributed by atoms with E-state index >= 15 is 0 Å². The summed E-state index contributed by atoms with van der Waals surface area (Å²) in [6, 6.07) is 69.2. The fraction of sp³-hybridized carbons (Fsp3) is 0. The van der Waals surface area contributed by atoms with Gasteiger partial charge in [-0.05, 0) is 77.5 Å². The first-order valence-electron chi connectivity index (χ1n) is 17.7. The smallest absolute Gasteiger partial charge is 0.161 e. The van der Waals surface area contributed by atoms with Crippen molar-refractivity contribution in [3.8, 4) is 56.2 Å². The lowest BCUT2D eigenvalue weighted by atomic mass is 9.92. The molecule has 1 aromatic heterocycles. The van der Waals surface area contributed by atoms with E-state index in [1.54, 1.807) is 0 Å². The molecule has 2 heteroatoms. The predicted molar refractivity (Wildman–Crippen MR) is 219 cm³/mol. The Labute approximate surface area is 302 Å². The van der Waals surface area contributed by atoms with E-state index in [2.05, 4.69) is 194 Å². The Balaban J connectivity index is 1.18. The van der Waals surface area contributed by atoms with Gasteiger partial charge in [0.2, 0.25) is 0 Å². The van der Waals surface area contributed by atoms with E-state index in [-0.39, 0.29) is 0 Å². The van der Waals surface area contributed by atoms with Crippen LogP contribution in [0.3, 0.4) is 0 Å². The molecule has 0 aliphatic carbocycles. The quantitative estimate of drug-likeness (QED) is 0.136. The van der Waals surface area contributed by atoms with Gasteiger partial charge in [-0.1, -0.05) is 182 Å². The minimum atomic E-state index is 0.717. The van der Waals surface area contributed by atoms with Gasteiger partial charge in [-0.25, -0.2) is 9.97 Å². The Morgan fingerprint density at radius 3 is 1.50 bits per heavy atom. The molecule has 0 atom stereocenters. The third-order valence-corrected chi connectivity index (χ3v) is 10.3. The number of nitrogens with zero attached hydrogens (tertiary/aromatic N) is 2. The molecular weight excluding hydrogens is 629 g/mol. The fourth-order valence-corrected chi connectivity index (χ4v) is 7.68. The second-order valence-corrected chi connectivity index (χ2v) is 13.4. The van der Waals surface area contributed by atoms with Crippen LogP contribution in [-0.4, -0.2) is 9.97 Å². The largest absolute Gasteiger partial charge is 0.228 e. The molecule has 0 saturated heterocycles. The molecule has 0 aliphatic rings. The van der Waals surface area contributed by atoms with Crippen molar-refractivity contribution < 1.29 is 0 Å². The van der Waals surface area contributed by atoms with E-state index in [9.17, 15) is 0 Å². The van der Waals surface area contributed by atoms with Gasteiger partial charge in [-0.2, -0.15) is 0 Å². The molecule has 10 rings (SSSR count). The van der Waals surface area contributed by atoms with Crippen molar-refractivity contribution in [2.24, 2.45) is 0 Å². The average Bonchev–Trinajstić information content (AvgIpc) is 3.23. The van der Waals surface area contributed by atoms with Crippen molar-refractivity contribution >= 4 is 43.1 Å². The molecular formula is C50H32N2. The Bertz CT molecular complexity index is 2920. The van der Waals surface area contributed by atoms with Crippen molar-refractivity contribution in [3.63, 3.8) is 0 Å². The van der Waals surface area contributed by atoms with Crippen LogP contribution in [0.2, 0.25) is 0 Å². The predicted octanol–water partition coefficient (Wildman–Crippen LogP) is 13.4. The van der Waals surface area contributed by atoms with Crippen LogP contribution in [0.5, 0.6) is 0 Å². The molecule has 0 bridgehead atoms. The molecule has 10 aromatic rings. The van der Waals surface area contributed by atoms with Crippen LogP contribution in [0.1, 0.15) is 0 Å². The average molecular weight is 661 g/mol. The molecule has 52 heavy (non-hydrogen) atoms. The summed E-state index contributed by atoms with van der Waals surface area (Å²) in [5.41, 5.74) is 9.69. The zero-order valence-corrected chi connectivity index (χ0v) is 28.4. The van der Waals surface area contributed by atoms with Crippen LogP contribution in [-0.2, 0) is 0 Å². The zero-order chi connectivity index (χ0) is 34.4. The normalized spacial score (nSPS) is 11.5. The molecule has 0 fully saturated rings. The van der Waals surface area contributed by atoms with Crippen molar-refractivity contribution in [1.29, 1.82) is 0 Å². The summed E-state index contributed by atoms with van der Waals surface area (Å²) in [4.78, 5) is 10.8. The summed E-state index contributed by atoms with van der Waals surface area (Å²) < 4.78 is 0. The summed E-state index contributed by atoms with van der Waals surface area (Å²) in [7, 11) is 0. The summed E-state index contributed by atoms with van der Waals surface area (Å²) >= 11 is 0. The summed E-state index contributed by atoms with van der Waals surface area (Å²) in [5, 5.41) is 9.59. The fourth-order valence-electron chi connectivity index (χ4n) is 7.68. The molecule has 0 saturated carbocycles. The van der Waals surface area contributed by atoms with Gasteiger partial charge in [0.1, 0.15) is 0 Å². The topological polar surface area (TPSA) is 25.8 Å². The first-order chi connectivity index (χ1) is 25.8. The highest BCUT2D eigenvalue weighted by atomic mass is 14.9. The summed E-state index contributed by atoms with van der Waals surface area (Å²) in [6.07, 6.45) is 0. The van der Waals surface area contributed by atoms with Gasteiger partial charge < -0.3 is 0 Å². The molecule has 0 aliphatic heterocycles. The number of aromatic nitrogens is 2. The monoisotopic (exact) mass is 660 g/mol. The highest BCUT2D eigenvalue weighted by Crippen LogP contribution is 2.40. The van der Waals surface area contributed by atoms with Gasteiger partial charge in [0.25, 0.3) is 0 Å². The van der Waals surface area contributed by atoms with Gasteiger partial charge in [0, 0.05) is 16.7 Å². The molecule has 1 heterocycles. The van der Waals surface area contributed by atoms with Crippen LogP contribution in [0.25, 0.3) is 99.2 Å². The van der Waals surface area contributed by atoms with E-state index in [0.717, 1.165) is 44.7 Å². The summed E-state index contributed by atoms with van der Waals surface area (Å²) in [5.74, 6) is 0.717. The van der Waals surface area contributed by atoms with Crippen LogP contribution in [0, 0.1) is 0 Å². The van der Waals surface area contributed by atoms with E-state index in [1.807, 2.05) is 0 Å².